The molecule has 324 valence electrons. The van der Waals surface area contributed by atoms with Gasteiger partial charge < -0.3 is 19.7 Å². The number of ether oxygens (including phenoxy) is 2. The first-order chi connectivity index (χ1) is 31.3. The Labute approximate surface area is 379 Å². The third-order valence-electron chi connectivity index (χ3n) is 12.6. The van der Waals surface area contributed by atoms with E-state index in [4.69, 9.17) is 9.47 Å². The highest BCUT2D eigenvalue weighted by Crippen LogP contribution is 2.47. The Morgan fingerprint density at radius 1 is 0.500 bits per heavy atom. The molecule has 0 amide bonds. The van der Waals surface area contributed by atoms with Gasteiger partial charge in [0, 0.05) is 39.3 Å². The number of rotatable bonds is 18. The van der Waals surface area contributed by atoms with Crippen molar-refractivity contribution in [2.45, 2.75) is 72.6 Å². The summed E-state index contributed by atoms with van der Waals surface area (Å²) in [5.74, 6) is 1.87. The van der Waals surface area contributed by atoms with Gasteiger partial charge in [-0.05, 0) is 125 Å². The van der Waals surface area contributed by atoms with Gasteiger partial charge in [-0.1, -0.05) is 154 Å². The number of hydrogen-bond donors (Lipinski definition) is 2. The van der Waals surface area contributed by atoms with E-state index in [0.29, 0.717) is 31.1 Å². The van der Waals surface area contributed by atoms with E-state index in [0.717, 1.165) is 116 Å². The van der Waals surface area contributed by atoms with Crippen LogP contribution in [0.15, 0.2) is 158 Å². The zero-order valence-corrected chi connectivity index (χ0v) is 37.8. The molecular formula is C60H60O4. The van der Waals surface area contributed by atoms with Gasteiger partial charge in [-0.2, -0.15) is 0 Å². The molecule has 8 aromatic rings. The maximum Gasteiger partial charge on any atom is 0.131 e. The molecule has 0 aliphatic rings. The van der Waals surface area contributed by atoms with Crippen LogP contribution >= 0.6 is 0 Å². The van der Waals surface area contributed by atoms with Gasteiger partial charge in [0.15, 0.2) is 0 Å². The Morgan fingerprint density at radius 3 is 1.38 bits per heavy atom. The van der Waals surface area contributed by atoms with E-state index in [1.165, 1.54) is 11.1 Å². The van der Waals surface area contributed by atoms with Crippen LogP contribution < -0.4 is 9.47 Å². The van der Waals surface area contributed by atoms with Gasteiger partial charge in [0.05, 0.1) is 13.2 Å². The summed E-state index contributed by atoms with van der Waals surface area (Å²) in [5, 5.41) is 28.9. The van der Waals surface area contributed by atoms with E-state index in [1.807, 2.05) is 42.5 Å². The van der Waals surface area contributed by atoms with Crippen LogP contribution in [-0.2, 0) is 12.8 Å². The lowest BCUT2D eigenvalue weighted by Crippen LogP contribution is -2.20. The number of phenols is 2. The molecule has 0 atom stereocenters. The first-order valence-corrected chi connectivity index (χ1v) is 23.0. The van der Waals surface area contributed by atoms with Crippen molar-refractivity contribution < 1.29 is 19.7 Å². The molecule has 0 bridgehead atoms. The van der Waals surface area contributed by atoms with E-state index in [1.54, 1.807) is 0 Å². The first kappa shape index (κ1) is 43.9. The Hall–Kier alpha value is -6.78. The molecule has 8 aromatic carbocycles. The predicted octanol–water partition coefficient (Wildman–Crippen LogP) is 16.0. The van der Waals surface area contributed by atoms with Crippen molar-refractivity contribution in [2.75, 3.05) is 13.2 Å². The zero-order chi connectivity index (χ0) is 44.6. The summed E-state index contributed by atoms with van der Waals surface area (Å²) in [6, 6.07) is 50.1. The number of allylic oxidation sites excluding steroid dienone is 1. The largest absolute Gasteiger partial charge is 0.507 e. The van der Waals surface area contributed by atoms with Crippen LogP contribution in [0.25, 0.3) is 66.1 Å². The second-order valence-electron chi connectivity index (χ2n) is 17.2. The third-order valence-corrected chi connectivity index (χ3v) is 12.6. The lowest BCUT2D eigenvalue weighted by molar-refractivity contribution is 0.179. The molecule has 8 rings (SSSR count). The van der Waals surface area contributed by atoms with Gasteiger partial charge in [0.25, 0.3) is 0 Å². The zero-order valence-electron chi connectivity index (χ0n) is 37.8. The molecule has 0 saturated heterocycles. The Bertz CT molecular complexity index is 2730. The summed E-state index contributed by atoms with van der Waals surface area (Å²) in [6.45, 7) is 13.5. The molecule has 4 heteroatoms. The van der Waals surface area contributed by atoms with Gasteiger partial charge in [0.1, 0.15) is 23.0 Å². The molecule has 0 fully saturated rings. The molecule has 0 unspecified atom stereocenters. The molecule has 0 aliphatic carbocycles. The Balaban J connectivity index is 1.11. The van der Waals surface area contributed by atoms with Crippen LogP contribution in [0, 0.1) is 19.8 Å². The molecule has 2 N–H and O–H groups in total. The number of aromatic hydroxyl groups is 2. The minimum atomic E-state index is -0.0331. The number of phenolic OH excluding ortho intramolecular Hbond substituents is 2. The fourth-order valence-electron chi connectivity index (χ4n) is 9.14. The average molecular weight is 845 g/mol. The number of hydrogen-bond acceptors (Lipinski definition) is 4. The fraction of sp³-hybridized carbons (Fsp3) is 0.233. The molecule has 0 spiro atoms. The van der Waals surface area contributed by atoms with Crippen LogP contribution in [0.3, 0.4) is 0 Å². The average Bonchev–Trinajstić information content (AvgIpc) is 3.32. The summed E-state index contributed by atoms with van der Waals surface area (Å²) >= 11 is 0. The number of unbranched alkanes of at least 4 members (excludes halogenated alkanes) is 2. The van der Waals surface area contributed by atoms with E-state index >= 15 is 0 Å². The molecule has 4 nitrogen and oxygen atoms in total. The highest BCUT2D eigenvalue weighted by atomic mass is 16.5. The van der Waals surface area contributed by atoms with Gasteiger partial charge in [0.2, 0.25) is 0 Å². The van der Waals surface area contributed by atoms with Crippen LogP contribution in [-0.4, -0.2) is 23.4 Å². The lowest BCUT2D eigenvalue weighted by Gasteiger charge is -2.22. The summed E-state index contributed by atoms with van der Waals surface area (Å²) < 4.78 is 13.6. The smallest absolute Gasteiger partial charge is 0.131 e. The SMILES string of the molecule is C=CCC(COc1ccc(CCCC)cc1-c1cccc(-c2c(C)ccc3ccccc23)c1O)COc1ccc(CCCC)cc1-c1cccc(-c2c(C)ccc3ccccc23)c1O. The monoisotopic (exact) mass is 844 g/mol. The van der Waals surface area contributed by atoms with E-state index in [-0.39, 0.29) is 17.4 Å². The molecule has 0 heterocycles. The highest BCUT2D eigenvalue weighted by Gasteiger charge is 2.22. The van der Waals surface area contributed by atoms with Gasteiger partial charge in [-0.15, -0.1) is 6.58 Å². The minimum absolute atomic E-state index is 0.0331. The second kappa shape index (κ2) is 20.2. The number of para-hydroxylation sites is 2. The topological polar surface area (TPSA) is 58.9 Å². The van der Waals surface area contributed by atoms with Crippen molar-refractivity contribution in [1.29, 1.82) is 0 Å². The Morgan fingerprint density at radius 2 is 0.938 bits per heavy atom. The summed E-state index contributed by atoms with van der Waals surface area (Å²) in [6.07, 6.45) is 8.82. The van der Waals surface area contributed by atoms with Crippen molar-refractivity contribution in [3.63, 3.8) is 0 Å². The van der Waals surface area contributed by atoms with Crippen LogP contribution in [0.5, 0.6) is 23.0 Å². The van der Waals surface area contributed by atoms with Crippen molar-refractivity contribution >= 4 is 21.5 Å². The Kier molecular flexibility index (Phi) is 13.8. The standard InChI is InChI=1S/C60H60O4/c1-6-9-18-42-30-34-55(53(36-42)49-24-15-26-51(59(49)61)57-40(4)28-32-45-20-11-13-22-47(45)57)63-38-44(17-8-3)39-64-56-35-31-43(19-10-7-2)37-54(56)50-25-16-27-52(60(50)62)58-41(5)29-33-46-21-12-14-23-48(46)58/h8,11-16,20-37,44,61-62H,3,6-7,9-10,17-19,38-39H2,1-2,4-5H3. The predicted molar refractivity (Wildman–Crippen MR) is 269 cm³/mol. The maximum absolute atomic E-state index is 12.2. The third kappa shape index (κ3) is 9.29. The number of aryl methyl sites for hydroxylation is 4. The quantitative estimate of drug-likeness (QED) is 0.0845. The van der Waals surface area contributed by atoms with E-state index in [2.05, 4.69) is 143 Å². The molecule has 0 radical (unpaired) electrons. The second-order valence-corrected chi connectivity index (χ2v) is 17.2. The normalized spacial score (nSPS) is 11.4. The van der Waals surface area contributed by atoms with Crippen LogP contribution in [0.2, 0.25) is 0 Å². The minimum Gasteiger partial charge on any atom is -0.507 e. The number of benzene rings is 8. The van der Waals surface area contributed by atoms with Gasteiger partial charge >= 0.3 is 0 Å². The van der Waals surface area contributed by atoms with Crippen molar-refractivity contribution in [1.82, 2.24) is 0 Å². The summed E-state index contributed by atoms with van der Waals surface area (Å²) in [4.78, 5) is 0. The summed E-state index contributed by atoms with van der Waals surface area (Å²) in [5.41, 5.74) is 11.5. The maximum atomic E-state index is 12.2. The van der Waals surface area contributed by atoms with E-state index < -0.39 is 0 Å². The highest BCUT2D eigenvalue weighted by molar-refractivity contribution is 6.02. The number of fused-ring (bicyclic) bond motifs is 2. The first-order valence-electron chi connectivity index (χ1n) is 23.0. The molecule has 0 aromatic heterocycles. The molecular weight excluding hydrogens is 785 g/mol. The van der Waals surface area contributed by atoms with Gasteiger partial charge in [-0.25, -0.2) is 0 Å². The van der Waals surface area contributed by atoms with Crippen LogP contribution in [0.1, 0.15) is 68.2 Å². The van der Waals surface area contributed by atoms with E-state index in [9.17, 15) is 10.2 Å². The molecule has 0 aliphatic heterocycles. The molecule has 64 heavy (non-hydrogen) atoms. The molecule has 0 saturated carbocycles. The van der Waals surface area contributed by atoms with Gasteiger partial charge in [-0.3, -0.25) is 0 Å². The van der Waals surface area contributed by atoms with Crippen molar-refractivity contribution in [3.8, 4) is 67.5 Å². The van der Waals surface area contributed by atoms with Crippen LogP contribution in [0.4, 0.5) is 0 Å². The van der Waals surface area contributed by atoms with Crippen molar-refractivity contribution in [2.24, 2.45) is 5.92 Å². The fourth-order valence-corrected chi connectivity index (χ4v) is 9.14. The van der Waals surface area contributed by atoms with Crippen molar-refractivity contribution in [3.05, 3.63) is 181 Å². The lowest BCUT2D eigenvalue weighted by atomic mass is 9.90. The summed E-state index contributed by atoms with van der Waals surface area (Å²) in [7, 11) is 0.